The maximum Gasteiger partial charge on any atom is 0.343 e. The van der Waals surface area contributed by atoms with Gasteiger partial charge in [0.25, 0.3) is 5.91 Å². The molecule has 1 amide bonds. The fourth-order valence-corrected chi connectivity index (χ4v) is 2.76. The third-order valence-corrected chi connectivity index (χ3v) is 4.03. The number of ether oxygens (including phenoxy) is 1. The Bertz CT molecular complexity index is 924. The van der Waals surface area contributed by atoms with E-state index in [1.54, 1.807) is 42.5 Å². The summed E-state index contributed by atoms with van der Waals surface area (Å²) in [5.41, 5.74) is 7.37. The second-order valence-electron chi connectivity index (χ2n) is 5.29. The van der Waals surface area contributed by atoms with Crippen LogP contribution in [0.2, 0.25) is 5.02 Å². The minimum Gasteiger partial charge on any atom is -0.421 e. The maximum absolute atomic E-state index is 12.2. The van der Waals surface area contributed by atoms with E-state index in [-0.39, 0.29) is 16.3 Å². The van der Waals surface area contributed by atoms with E-state index in [0.29, 0.717) is 11.1 Å². The summed E-state index contributed by atoms with van der Waals surface area (Å²) in [4.78, 5) is 24.1. The van der Waals surface area contributed by atoms with Gasteiger partial charge in [0.05, 0.1) is 16.1 Å². The van der Waals surface area contributed by atoms with E-state index >= 15 is 0 Å². The minimum atomic E-state index is -0.693. The number of esters is 1. The molecule has 0 atom stereocenters. The molecule has 0 aliphatic heterocycles. The van der Waals surface area contributed by atoms with Gasteiger partial charge in [-0.2, -0.15) is 0 Å². The van der Waals surface area contributed by atoms with E-state index in [2.05, 4.69) is 0 Å². The molecule has 0 spiro atoms. The molecule has 0 fully saturated rings. The van der Waals surface area contributed by atoms with E-state index in [1.807, 2.05) is 30.3 Å². The Kier molecular flexibility index (Phi) is 4.82. The molecule has 0 bridgehead atoms. The summed E-state index contributed by atoms with van der Waals surface area (Å²) in [5.74, 6) is -1.17. The molecule has 124 valence electrons. The second kappa shape index (κ2) is 7.20. The number of rotatable bonds is 4. The highest BCUT2D eigenvalue weighted by atomic mass is 35.5. The van der Waals surface area contributed by atoms with Gasteiger partial charge in [0.15, 0.2) is 5.75 Å². The molecule has 0 aliphatic carbocycles. The molecule has 0 saturated heterocycles. The van der Waals surface area contributed by atoms with Gasteiger partial charge in [-0.1, -0.05) is 60.1 Å². The quantitative estimate of drug-likeness (QED) is 0.562. The summed E-state index contributed by atoms with van der Waals surface area (Å²) in [6, 6.07) is 21.0. The maximum atomic E-state index is 12.2. The molecule has 0 unspecified atom stereocenters. The van der Waals surface area contributed by atoms with Crippen LogP contribution in [0.3, 0.4) is 0 Å². The van der Waals surface area contributed by atoms with Crippen molar-refractivity contribution in [1.29, 1.82) is 0 Å². The molecule has 0 radical (unpaired) electrons. The summed E-state index contributed by atoms with van der Waals surface area (Å²) in [6.07, 6.45) is 0. The van der Waals surface area contributed by atoms with Gasteiger partial charge in [0.1, 0.15) is 0 Å². The monoisotopic (exact) mass is 351 g/mol. The third kappa shape index (κ3) is 3.54. The average molecular weight is 352 g/mol. The van der Waals surface area contributed by atoms with Crippen LogP contribution in [-0.4, -0.2) is 11.9 Å². The lowest BCUT2D eigenvalue weighted by Crippen LogP contribution is -2.15. The van der Waals surface area contributed by atoms with Crippen molar-refractivity contribution in [1.82, 2.24) is 0 Å². The van der Waals surface area contributed by atoms with E-state index in [4.69, 9.17) is 22.1 Å². The average Bonchev–Trinajstić information content (AvgIpc) is 2.64. The number of nitrogens with two attached hydrogens (primary N) is 1. The van der Waals surface area contributed by atoms with Gasteiger partial charge in [-0.15, -0.1) is 0 Å². The van der Waals surface area contributed by atoms with Crippen LogP contribution in [0.5, 0.6) is 5.75 Å². The van der Waals surface area contributed by atoms with Crippen molar-refractivity contribution in [3.05, 3.63) is 88.9 Å². The Morgan fingerprint density at radius 2 is 1.44 bits per heavy atom. The molecule has 3 aromatic rings. The molecule has 0 heterocycles. The Labute approximate surface area is 149 Å². The van der Waals surface area contributed by atoms with Crippen LogP contribution in [0.1, 0.15) is 20.7 Å². The van der Waals surface area contributed by atoms with Gasteiger partial charge >= 0.3 is 5.97 Å². The molecule has 0 aliphatic rings. The topological polar surface area (TPSA) is 69.4 Å². The fourth-order valence-electron chi connectivity index (χ4n) is 2.47. The first kappa shape index (κ1) is 16.7. The third-order valence-electron chi connectivity index (χ3n) is 3.65. The number of halogens is 1. The normalized spacial score (nSPS) is 10.3. The highest BCUT2D eigenvalue weighted by Crippen LogP contribution is 2.36. The van der Waals surface area contributed by atoms with Crippen molar-refractivity contribution in [3.63, 3.8) is 0 Å². The van der Waals surface area contributed by atoms with E-state index < -0.39 is 11.9 Å². The number of hydrogen-bond acceptors (Lipinski definition) is 3. The smallest absolute Gasteiger partial charge is 0.343 e. The molecule has 25 heavy (non-hydrogen) atoms. The van der Waals surface area contributed by atoms with Crippen LogP contribution in [0, 0.1) is 0 Å². The van der Waals surface area contributed by atoms with Crippen molar-refractivity contribution in [2.75, 3.05) is 0 Å². The van der Waals surface area contributed by atoms with Crippen molar-refractivity contribution in [2.24, 2.45) is 5.73 Å². The van der Waals surface area contributed by atoms with Crippen molar-refractivity contribution >= 4 is 23.5 Å². The van der Waals surface area contributed by atoms with Gasteiger partial charge < -0.3 is 10.5 Å². The molecule has 0 aromatic heterocycles. The van der Waals surface area contributed by atoms with Gasteiger partial charge in [-0.05, 0) is 35.4 Å². The van der Waals surface area contributed by atoms with Crippen LogP contribution < -0.4 is 10.5 Å². The van der Waals surface area contributed by atoms with Gasteiger partial charge in [-0.25, -0.2) is 4.79 Å². The number of carbonyl (C=O) groups excluding carboxylic acids is 2. The zero-order chi connectivity index (χ0) is 17.8. The lowest BCUT2D eigenvalue weighted by molar-refractivity contribution is 0.0733. The van der Waals surface area contributed by atoms with E-state index in [0.717, 1.165) is 5.56 Å². The Balaban J connectivity index is 2.01. The Morgan fingerprint density at radius 3 is 2.04 bits per heavy atom. The van der Waals surface area contributed by atoms with Gasteiger partial charge in [0.2, 0.25) is 0 Å². The summed E-state index contributed by atoms with van der Waals surface area (Å²) in [5, 5.41) is 0.0122. The van der Waals surface area contributed by atoms with Crippen LogP contribution in [0.4, 0.5) is 0 Å². The molecule has 0 saturated carbocycles. The zero-order valence-corrected chi connectivity index (χ0v) is 13.9. The van der Waals surface area contributed by atoms with Crippen LogP contribution in [-0.2, 0) is 0 Å². The van der Waals surface area contributed by atoms with Crippen LogP contribution in [0.25, 0.3) is 11.1 Å². The number of hydrogen-bond donors (Lipinski definition) is 1. The molecular formula is C20H14ClNO3. The fraction of sp³-hybridized carbons (Fsp3) is 0. The van der Waals surface area contributed by atoms with E-state index in [9.17, 15) is 9.59 Å². The Morgan fingerprint density at radius 1 is 0.840 bits per heavy atom. The Hall–Kier alpha value is -3.11. The lowest BCUT2D eigenvalue weighted by Gasteiger charge is -2.13. The minimum absolute atomic E-state index is 0.0122. The van der Waals surface area contributed by atoms with Crippen LogP contribution >= 0.6 is 11.6 Å². The zero-order valence-electron chi connectivity index (χ0n) is 13.1. The van der Waals surface area contributed by atoms with Crippen LogP contribution in [0.15, 0.2) is 72.8 Å². The number of benzene rings is 3. The molecule has 3 aromatic carbocycles. The highest BCUT2D eigenvalue weighted by Gasteiger charge is 2.20. The standard InChI is InChI=1S/C20H14ClNO3/c21-18-16(25-20(24)14-9-5-2-6-10-14)12-11-15(17(18)19(22)23)13-7-3-1-4-8-13/h1-12H,(H2,22,23). The molecule has 2 N–H and O–H groups in total. The molecule has 3 rings (SSSR count). The number of amides is 1. The lowest BCUT2D eigenvalue weighted by atomic mass is 9.99. The second-order valence-corrected chi connectivity index (χ2v) is 5.66. The summed E-state index contributed by atoms with van der Waals surface area (Å²) < 4.78 is 5.33. The van der Waals surface area contributed by atoms with Crippen molar-refractivity contribution < 1.29 is 14.3 Å². The first-order valence-electron chi connectivity index (χ1n) is 7.53. The SMILES string of the molecule is NC(=O)c1c(-c2ccccc2)ccc(OC(=O)c2ccccc2)c1Cl. The first-order valence-corrected chi connectivity index (χ1v) is 7.90. The summed E-state index contributed by atoms with van der Waals surface area (Å²) in [7, 11) is 0. The predicted molar refractivity (Wildman–Crippen MR) is 96.8 cm³/mol. The number of primary amides is 1. The van der Waals surface area contributed by atoms with Gasteiger partial charge in [-0.3, -0.25) is 4.79 Å². The van der Waals surface area contributed by atoms with Crippen molar-refractivity contribution in [3.8, 4) is 16.9 Å². The number of carbonyl (C=O) groups is 2. The predicted octanol–water partition coefficient (Wildman–Crippen LogP) is 4.33. The van der Waals surface area contributed by atoms with Crippen molar-refractivity contribution in [2.45, 2.75) is 0 Å². The molecular weight excluding hydrogens is 338 g/mol. The first-order chi connectivity index (χ1) is 12.1. The summed E-state index contributed by atoms with van der Waals surface area (Å²) in [6.45, 7) is 0. The van der Waals surface area contributed by atoms with E-state index in [1.165, 1.54) is 0 Å². The largest absolute Gasteiger partial charge is 0.421 e. The molecule has 5 heteroatoms. The highest BCUT2D eigenvalue weighted by molar-refractivity contribution is 6.36. The van der Waals surface area contributed by atoms with Gasteiger partial charge in [0, 0.05) is 0 Å². The summed E-state index contributed by atoms with van der Waals surface area (Å²) >= 11 is 6.31. The molecule has 4 nitrogen and oxygen atoms in total.